The zero-order valence-electron chi connectivity index (χ0n) is 7.26. The predicted molar refractivity (Wildman–Crippen MR) is 60.5 cm³/mol. The molecule has 4 heteroatoms. The molecule has 0 saturated carbocycles. The third kappa shape index (κ3) is 3.69. The lowest BCUT2D eigenvalue weighted by molar-refractivity contribution is 0.616. The second kappa shape index (κ2) is 5.66. The first-order chi connectivity index (χ1) is 6.24. The van der Waals surface area contributed by atoms with Crippen molar-refractivity contribution < 1.29 is 0 Å². The summed E-state index contributed by atoms with van der Waals surface area (Å²) in [6.45, 7) is 2.71. The van der Waals surface area contributed by atoms with Gasteiger partial charge in [0.15, 0.2) is 0 Å². The van der Waals surface area contributed by atoms with Gasteiger partial charge in [-0.2, -0.15) is 11.3 Å². The van der Waals surface area contributed by atoms with Gasteiger partial charge in [0.1, 0.15) is 0 Å². The number of hydrogen-bond donors (Lipinski definition) is 1. The predicted octanol–water partition coefficient (Wildman–Crippen LogP) is 3.72. The third-order valence-corrected chi connectivity index (χ3v) is 3.06. The molecule has 1 rings (SSSR count). The molecule has 0 aromatic carbocycles. The molecule has 0 aliphatic rings. The molecule has 0 spiro atoms. The van der Waals surface area contributed by atoms with E-state index in [0.29, 0.717) is 17.6 Å². The molecule has 1 aromatic rings. The molecule has 0 aliphatic heterocycles. The van der Waals surface area contributed by atoms with Gasteiger partial charge >= 0.3 is 0 Å². The second-order valence-corrected chi connectivity index (χ2v) is 4.20. The summed E-state index contributed by atoms with van der Waals surface area (Å²) in [5.74, 6) is 0. The summed E-state index contributed by atoms with van der Waals surface area (Å²) in [6.07, 6.45) is 0. The second-order valence-electron chi connectivity index (χ2n) is 2.72. The van der Waals surface area contributed by atoms with Gasteiger partial charge in [0.25, 0.3) is 0 Å². The molecule has 1 unspecified atom stereocenters. The van der Waals surface area contributed by atoms with E-state index >= 15 is 0 Å². The van der Waals surface area contributed by atoms with Gasteiger partial charge in [-0.1, -0.05) is 23.2 Å². The Bertz CT molecular complexity index is 269. The molecule has 0 radical (unpaired) electrons. The van der Waals surface area contributed by atoms with Gasteiger partial charge in [-0.3, -0.25) is 0 Å². The summed E-state index contributed by atoms with van der Waals surface area (Å²) < 4.78 is 0. The molecular weight excluding hydrogens is 225 g/mol. The number of thiophene rings is 1. The maximum absolute atomic E-state index is 5.74. The van der Waals surface area contributed by atoms with Crippen molar-refractivity contribution in [1.29, 1.82) is 0 Å². The molecular formula is C9H11Cl2NS. The number of halogens is 2. The van der Waals surface area contributed by atoms with Crippen molar-refractivity contribution in [2.75, 3.05) is 6.54 Å². The van der Waals surface area contributed by atoms with E-state index < -0.39 is 0 Å². The number of hydrogen-bond acceptors (Lipinski definition) is 2. The average molecular weight is 236 g/mol. The van der Waals surface area contributed by atoms with Crippen LogP contribution in [0.25, 0.3) is 0 Å². The lowest BCUT2D eigenvalue weighted by Gasteiger charge is -2.11. The zero-order chi connectivity index (χ0) is 9.68. The van der Waals surface area contributed by atoms with Gasteiger partial charge < -0.3 is 5.32 Å². The van der Waals surface area contributed by atoms with Crippen molar-refractivity contribution in [1.82, 2.24) is 5.32 Å². The van der Waals surface area contributed by atoms with Gasteiger partial charge in [-0.25, -0.2) is 0 Å². The minimum absolute atomic E-state index is 0.316. The zero-order valence-corrected chi connectivity index (χ0v) is 9.59. The molecule has 0 bridgehead atoms. The molecule has 0 amide bonds. The summed E-state index contributed by atoms with van der Waals surface area (Å²) in [6, 6.07) is 2.41. The van der Waals surface area contributed by atoms with Crippen molar-refractivity contribution in [2.24, 2.45) is 0 Å². The highest BCUT2D eigenvalue weighted by atomic mass is 35.5. The van der Waals surface area contributed by atoms with E-state index in [2.05, 4.69) is 29.1 Å². The number of rotatable bonds is 4. The average Bonchev–Trinajstić information content (AvgIpc) is 2.66. The first-order valence-electron chi connectivity index (χ1n) is 3.94. The molecule has 0 saturated heterocycles. The summed E-state index contributed by atoms with van der Waals surface area (Å²) in [7, 11) is 0. The van der Waals surface area contributed by atoms with Crippen LogP contribution in [0.1, 0.15) is 18.5 Å². The minimum atomic E-state index is 0.316. The monoisotopic (exact) mass is 235 g/mol. The third-order valence-electron chi connectivity index (χ3n) is 1.74. The highest BCUT2D eigenvalue weighted by molar-refractivity contribution is 7.07. The fourth-order valence-corrected chi connectivity index (χ4v) is 1.84. The smallest absolute Gasteiger partial charge is 0.0432 e. The van der Waals surface area contributed by atoms with Gasteiger partial charge in [0, 0.05) is 23.2 Å². The van der Waals surface area contributed by atoms with Crippen molar-refractivity contribution in [3.63, 3.8) is 0 Å². The highest BCUT2D eigenvalue weighted by Gasteiger charge is 2.04. The molecule has 1 nitrogen and oxygen atoms in total. The van der Waals surface area contributed by atoms with Gasteiger partial charge in [-0.05, 0) is 29.3 Å². The molecule has 0 aliphatic carbocycles. The molecule has 13 heavy (non-hydrogen) atoms. The van der Waals surface area contributed by atoms with Crippen LogP contribution in [-0.2, 0) is 0 Å². The molecule has 1 N–H and O–H groups in total. The maximum atomic E-state index is 5.74. The van der Waals surface area contributed by atoms with E-state index in [1.54, 1.807) is 11.3 Å². The van der Waals surface area contributed by atoms with E-state index in [1.165, 1.54) is 11.1 Å². The molecule has 1 heterocycles. The van der Waals surface area contributed by atoms with E-state index in [1.807, 2.05) is 0 Å². The van der Waals surface area contributed by atoms with Crippen LogP contribution in [0.4, 0.5) is 0 Å². The lowest BCUT2D eigenvalue weighted by Crippen LogP contribution is -2.19. The highest BCUT2D eigenvalue weighted by Crippen LogP contribution is 2.16. The van der Waals surface area contributed by atoms with Crippen LogP contribution >= 0.6 is 34.5 Å². The van der Waals surface area contributed by atoms with E-state index in [-0.39, 0.29) is 0 Å². The Hall–Kier alpha value is -0.0200. The van der Waals surface area contributed by atoms with E-state index in [0.717, 1.165) is 0 Å². The van der Waals surface area contributed by atoms with Gasteiger partial charge in [0.05, 0.1) is 0 Å². The quantitative estimate of drug-likeness (QED) is 0.840. The molecule has 0 fully saturated rings. The van der Waals surface area contributed by atoms with Gasteiger partial charge in [-0.15, -0.1) is 0 Å². The van der Waals surface area contributed by atoms with Crippen molar-refractivity contribution in [2.45, 2.75) is 13.0 Å². The Balaban J connectivity index is 2.38. The number of nitrogens with one attached hydrogen (secondary N) is 1. The Kier molecular flexibility index (Phi) is 4.81. The fourth-order valence-electron chi connectivity index (χ4n) is 0.928. The van der Waals surface area contributed by atoms with Crippen molar-refractivity contribution in [3.05, 3.63) is 33.0 Å². The molecule has 72 valence electrons. The molecule has 1 aromatic heterocycles. The largest absolute Gasteiger partial charge is 0.305 e. The van der Waals surface area contributed by atoms with Crippen LogP contribution in [0.15, 0.2) is 27.4 Å². The van der Waals surface area contributed by atoms with Crippen molar-refractivity contribution in [3.8, 4) is 0 Å². The van der Waals surface area contributed by atoms with Crippen LogP contribution in [-0.4, -0.2) is 6.54 Å². The molecule has 1 atom stereocenters. The van der Waals surface area contributed by atoms with Crippen LogP contribution in [0.5, 0.6) is 0 Å². The topological polar surface area (TPSA) is 12.0 Å². The van der Waals surface area contributed by atoms with Crippen LogP contribution < -0.4 is 5.32 Å². The summed E-state index contributed by atoms with van der Waals surface area (Å²) in [5.41, 5.74) is 2.67. The Morgan fingerprint density at radius 3 is 3.08 bits per heavy atom. The van der Waals surface area contributed by atoms with E-state index in [9.17, 15) is 0 Å². The van der Waals surface area contributed by atoms with Crippen LogP contribution in [0.2, 0.25) is 0 Å². The first kappa shape index (κ1) is 11.1. The van der Waals surface area contributed by atoms with Gasteiger partial charge in [0.2, 0.25) is 0 Å². The Morgan fingerprint density at radius 1 is 1.77 bits per heavy atom. The van der Waals surface area contributed by atoms with E-state index in [4.69, 9.17) is 23.2 Å². The summed E-state index contributed by atoms with van der Waals surface area (Å²) >= 11 is 12.9. The summed E-state index contributed by atoms with van der Waals surface area (Å²) in [5, 5.41) is 8.07. The van der Waals surface area contributed by atoms with Crippen LogP contribution in [0.3, 0.4) is 0 Å². The minimum Gasteiger partial charge on any atom is -0.305 e. The SMILES string of the molecule is CC(NCC(Cl)=CCl)c1ccsc1. The Morgan fingerprint density at radius 2 is 2.54 bits per heavy atom. The van der Waals surface area contributed by atoms with Crippen LogP contribution in [0, 0.1) is 0 Å². The lowest BCUT2D eigenvalue weighted by atomic mass is 10.2. The first-order valence-corrected chi connectivity index (χ1v) is 5.70. The fraction of sp³-hybridized carbons (Fsp3) is 0.333. The van der Waals surface area contributed by atoms with Crippen molar-refractivity contribution >= 4 is 34.5 Å². The standard InChI is InChI=1S/C9H11Cl2NS/c1-7(8-2-3-13-6-8)12-5-9(11)4-10/h2-4,6-7,12H,5H2,1H3. The Labute approximate surface area is 92.4 Å². The maximum Gasteiger partial charge on any atom is 0.0432 e. The summed E-state index contributed by atoms with van der Waals surface area (Å²) in [4.78, 5) is 0. The normalized spacial score (nSPS) is 14.5.